The summed E-state index contributed by atoms with van der Waals surface area (Å²) in [5, 5.41) is 8.92. The number of hydrogen-bond donors (Lipinski definition) is 0. The minimum absolute atomic E-state index is 0.207. The lowest BCUT2D eigenvalue weighted by Crippen LogP contribution is -2.17. The highest BCUT2D eigenvalue weighted by molar-refractivity contribution is 7.91. The molecule has 0 unspecified atom stereocenters. The van der Waals surface area contributed by atoms with Crippen molar-refractivity contribution in [3.63, 3.8) is 0 Å². The molecule has 12 heteroatoms. The molecule has 1 aromatic heterocycles. The van der Waals surface area contributed by atoms with Crippen LogP contribution >= 0.6 is 0 Å². The van der Waals surface area contributed by atoms with Crippen molar-refractivity contribution < 1.29 is 30.4 Å². The molecule has 0 radical (unpaired) electrons. The molecule has 2 aromatic carbocycles. The zero-order valence-corrected chi connectivity index (χ0v) is 14.2. The first-order valence-corrected chi connectivity index (χ1v) is 8.71. The van der Waals surface area contributed by atoms with E-state index in [1.54, 1.807) is 6.92 Å². The minimum atomic E-state index is -4.30. The van der Waals surface area contributed by atoms with E-state index in [2.05, 4.69) is 15.5 Å². The van der Waals surface area contributed by atoms with Gasteiger partial charge < -0.3 is 0 Å². The lowest BCUT2D eigenvalue weighted by Gasteiger charge is -2.10. The van der Waals surface area contributed by atoms with Crippen molar-refractivity contribution >= 4 is 9.84 Å². The van der Waals surface area contributed by atoms with E-state index in [4.69, 9.17) is 0 Å². The minimum Gasteiger partial charge on any atom is -0.215 e. The summed E-state index contributed by atoms with van der Waals surface area (Å²) in [6, 6.07) is 5.54. The molecule has 0 saturated carbocycles. The van der Waals surface area contributed by atoms with Crippen molar-refractivity contribution in [1.82, 2.24) is 20.2 Å². The van der Waals surface area contributed by atoms with Crippen LogP contribution in [0.3, 0.4) is 0 Å². The molecule has 1 heterocycles. The van der Waals surface area contributed by atoms with Crippen molar-refractivity contribution in [2.45, 2.75) is 23.5 Å². The summed E-state index contributed by atoms with van der Waals surface area (Å²) in [7, 11) is -4.30. The lowest BCUT2D eigenvalue weighted by molar-refractivity contribution is 0.365. The van der Waals surface area contributed by atoms with Gasteiger partial charge in [0.05, 0.1) is 17.0 Å². The molecular formula is C15H9F5N4O2S. The van der Waals surface area contributed by atoms with Gasteiger partial charge in [-0.05, 0) is 29.5 Å². The van der Waals surface area contributed by atoms with Crippen LogP contribution in [0, 0.1) is 36.0 Å². The largest absolute Gasteiger partial charge is 0.272 e. The molecule has 0 atom stereocenters. The quantitative estimate of drug-likeness (QED) is 0.380. The van der Waals surface area contributed by atoms with Gasteiger partial charge in [-0.2, -0.15) is 0 Å². The van der Waals surface area contributed by atoms with E-state index in [1.165, 1.54) is 24.3 Å². The third kappa shape index (κ3) is 3.16. The highest BCUT2D eigenvalue weighted by Gasteiger charge is 2.30. The first-order chi connectivity index (χ1) is 12.6. The number of aromatic nitrogens is 4. The molecule has 0 N–H and O–H groups in total. The summed E-state index contributed by atoms with van der Waals surface area (Å²) in [4.78, 5) is -0.207. The maximum Gasteiger partial charge on any atom is 0.272 e. The first-order valence-electron chi connectivity index (χ1n) is 7.22. The summed E-state index contributed by atoms with van der Waals surface area (Å²) >= 11 is 0. The van der Waals surface area contributed by atoms with E-state index >= 15 is 0 Å². The number of hydrogen-bond acceptors (Lipinski definition) is 5. The Kier molecular flexibility index (Phi) is 4.68. The maximum atomic E-state index is 13.8. The average Bonchev–Trinajstić information content (AvgIpc) is 3.11. The van der Waals surface area contributed by atoms with Gasteiger partial charge in [-0.15, -0.1) is 0 Å². The Bertz CT molecular complexity index is 1100. The summed E-state index contributed by atoms with van der Waals surface area (Å²) < 4.78 is 93.1. The normalized spacial score (nSPS) is 11.8. The first kappa shape index (κ1) is 18.9. The summed E-state index contributed by atoms with van der Waals surface area (Å²) in [6.45, 7) is 0.642. The molecule has 27 heavy (non-hydrogen) atoms. The fourth-order valence-electron chi connectivity index (χ4n) is 2.25. The van der Waals surface area contributed by atoms with Crippen LogP contribution in [0.15, 0.2) is 34.3 Å². The van der Waals surface area contributed by atoms with Gasteiger partial charge in [-0.3, -0.25) is 0 Å². The van der Waals surface area contributed by atoms with Crippen LogP contribution in [0.4, 0.5) is 22.0 Å². The van der Waals surface area contributed by atoms with Crippen molar-refractivity contribution in [3.8, 4) is 0 Å². The van der Waals surface area contributed by atoms with Crippen molar-refractivity contribution in [2.75, 3.05) is 0 Å². The number of halogens is 5. The van der Waals surface area contributed by atoms with Crippen LogP contribution in [0.25, 0.3) is 0 Å². The van der Waals surface area contributed by atoms with Gasteiger partial charge in [-0.1, -0.05) is 22.8 Å². The molecule has 0 spiro atoms. The molecule has 6 nitrogen and oxygen atoms in total. The van der Waals surface area contributed by atoms with Gasteiger partial charge in [0, 0.05) is 0 Å². The van der Waals surface area contributed by atoms with Crippen molar-refractivity contribution in [1.29, 1.82) is 0 Å². The van der Waals surface area contributed by atoms with Crippen LogP contribution in [0.5, 0.6) is 0 Å². The third-order valence-corrected chi connectivity index (χ3v) is 5.35. The smallest absolute Gasteiger partial charge is 0.215 e. The molecule has 0 bridgehead atoms. The summed E-state index contributed by atoms with van der Waals surface area (Å²) in [5.41, 5.74) is -0.492. The van der Waals surface area contributed by atoms with E-state index in [-0.39, 0.29) is 4.90 Å². The lowest BCUT2D eigenvalue weighted by atomic mass is 10.1. The van der Waals surface area contributed by atoms with Gasteiger partial charge in [0.15, 0.2) is 23.3 Å². The zero-order chi connectivity index (χ0) is 19.9. The molecule has 0 amide bonds. The van der Waals surface area contributed by atoms with E-state index in [0.717, 1.165) is 5.56 Å². The van der Waals surface area contributed by atoms with Crippen LogP contribution in [0.1, 0.15) is 11.1 Å². The standard InChI is InChI=1S/C15H9F5N4O2S/c1-7-2-4-8(5-3-7)27(25,26)15-21-22-23-24(15)6-9-10(16)12(18)14(20)13(19)11(9)17/h2-5H,6H2,1H3. The Morgan fingerprint density at radius 1 is 0.889 bits per heavy atom. The molecule has 0 fully saturated rings. The second kappa shape index (κ2) is 6.68. The molecule has 0 saturated heterocycles. The third-order valence-electron chi connectivity index (χ3n) is 3.68. The van der Waals surface area contributed by atoms with E-state index in [1.807, 2.05) is 0 Å². The average molecular weight is 404 g/mol. The van der Waals surface area contributed by atoms with Gasteiger partial charge in [-0.25, -0.2) is 35.1 Å². The Hall–Kier alpha value is -2.89. The Labute approximate surface area is 149 Å². The van der Waals surface area contributed by atoms with Crippen LogP contribution in [-0.2, 0) is 16.4 Å². The van der Waals surface area contributed by atoms with Crippen molar-refractivity contribution in [3.05, 3.63) is 64.5 Å². The predicted molar refractivity (Wildman–Crippen MR) is 79.8 cm³/mol. The molecule has 3 aromatic rings. The Balaban J connectivity index is 2.09. The summed E-state index contributed by atoms with van der Waals surface area (Å²) in [5.74, 6) is -10.8. The molecular weight excluding hydrogens is 395 g/mol. The van der Waals surface area contributed by atoms with Gasteiger partial charge in [0.25, 0.3) is 5.16 Å². The Morgan fingerprint density at radius 3 is 1.96 bits per heavy atom. The molecule has 0 aliphatic heterocycles. The highest BCUT2D eigenvalue weighted by Crippen LogP contribution is 2.25. The maximum absolute atomic E-state index is 13.8. The van der Waals surface area contributed by atoms with Gasteiger partial charge >= 0.3 is 0 Å². The number of benzene rings is 2. The molecule has 142 valence electrons. The number of aryl methyl sites for hydroxylation is 1. The van der Waals surface area contributed by atoms with Crippen LogP contribution < -0.4 is 0 Å². The fourth-order valence-corrected chi connectivity index (χ4v) is 3.48. The summed E-state index contributed by atoms with van der Waals surface area (Å²) in [6.07, 6.45) is 0. The number of nitrogens with zero attached hydrogens (tertiary/aromatic N) is 4. The number of rotatable bonds is 4. The molecule has 0 aliphatic carbocycles. The molecule has 0 aliphatic rings. The van der Waals surface area contributed by atoms with Crippen molar-refractivity contribution in [2.24, 2.45) is 0 Å². The van der Waals surface area contributed by atoms with E-state index in [0.29, 0.717) is 4.68 Å². The van der Waals surface area contributed by atoms with Crippen LogP contribution in [-0.4, -0.2) is 28.6 Å². The number of tetrazole rings is 1. The highest BCUT2D eigenvalue weighted by atomic mass is 32.2. The zero-order valence-electron chi connectivity index (χ0n) is 13.4. The van der Waals surface area contributed by atoms with Gasteiger partial charge in [0.1, 0.15) is 0 Å². The van der Waals surface area contributed by atoms with E-state index < -0.39 is 56.2 Å². The predicted octanol–water partition coefficient (Wildman–Crippen LogP) is 2.56. The second-order valence-corrected chi connectivity index (χ2v) is 7.33. The van der Waals surface area contributed by atoms with Crippen LogP contribution in [0.2, 0.25) is 0 Å². The number of sulfone groups is 1. The monoisotopic (exact) mass is 404 g/mol. The molecule has 3 rings (SSSR count). The van der Waals surface area contributed by atoms with Gasteiger partial charge in [0.2, 0.25) is 15.7 Å². The fraction of sp³-hybridized carbons (Fsp3) is 0.133. The second-order valence-electron chi connectivity index (χ2n) is 5.48. The SMILES string of the molecule is Cc1ccc(S(=O)(=O)c2nnnn2Cc2c(F)c(F)c(F)c(F)c2F)cc1. The van der Waals surface area contributed by atoms with E-state index in [9.17, 15) is 30.4 Å². The topological polar surface area (TPSA) is 77.7 Å². The Morgan fingerprint density at radius 2 is 1.41 bits per heavy atom.